The average molecular weight is 445 g/mol. The minimum absolute atomic E-state index is 0.0935. The molecule has 2 N–H and O–H groups in total. The maximum Gasteiger partial charge on any atom is 0.344 e. The fourth-order valence-electron chi connectivity index (χ4n) is 3.59. The largest absolute Gasteiger partial charge is 0.344 e. The zero-order valence-corrected chi connectivity index (χ0v) is 18.0. The number of urea groups is 1. The van der Waals surface area contributed by atoms with Crippen LogP contribution in [0.3, 0.4) is 0 Å². The monoisotopic (exact) mass is 445 g/mol. The highest BCUT2D eigenvalue weighted by Crippen LogP contribution is 2.22. The molecule has 4 rings (SSSR count). The van der Waals surface area contributed by atoms with E-state index in [1.165, 1.54) is 12.1 Å². The molecule has 0 spiro atoms. The van der Waals surface area contributed by atoms with E-state index in [0.717, 1.165) is 15.8 Å². The van der Waals surface area contributed by atoms with Crippen LogP contribution in [0.2, 0.25) is 0 Å². The number of amides is 4. The fraction of sp³-hybridized carbons (Fsp3) is 0.208. The van der Waals surface area contributed by atoms with Gasteiger partial charge in [0.2, 0.25) is 0 Å². The number of hydrazine groups is 1. The predicted octanol–water partition coefficient (Wildman–Crippen LogP) is 1.88. The number of hydrogen-bond acceptors (Lipinski definition) is 5. The second-order valence-corrected chi connectivity index (χ2v) is 8.03. The smallest absolute Gasteiger partial charge is 0.322 e. The molecule has 2 heterocycles. The number of nitrogens with one attached hydrogen (secondary N) is 2. The number of rotatable bonds is 7. The van der Waals surface area contributed by atoms with Crippen LogP contribution < -0.4 is 16.3 Å². The third-order valence-electron chi connectivity index (χ3n) is 5.51. The molecule has 1 atom stereocenters. The normalized spacial score (nSPS) is 17.7. The molecule has 1 aliphatic heterocycles. The van der Waals surface area contributed by atoms with Crippen molar-refractivity contribution in [2.24, 2.45) is 0 Å². The molecule has 4 amide bonds. The minimum atomic E-state index is -1.15. The standard InChI is InChI=1S/C24H23N5O4/c1-24(15-14-17-8-4-2-5-9-17)22(32)29(23(33)25-24)27-21(31)19-12-13-20(30)28(26-19)16-18-10-6-3-7-11-18/h2-13H,14-16H2,1H3,(H,25,33)(H,27,31). The summed E-state index contributed by atoms with van der Waals surface area (Å²) in [5.74, 6) is -1.33. The number of carbonyl (C=O) groups excluding carboxylic acids is 3. The van der Waals surface area contributed by atoms with Crippen molar-refractivity contribution in [2.45, 2.75) is 31.8 Å². The summed E-state index contributed by atoms with van der Waals surface area (Å²) in [6.45, 7) is 1.81. The molecule has 9 nitrogen and oxygen atoms in total. The van der Waals surface area contributed by atoms with Gasteiger partial charge in [-0.2, -0.15) is 10.1 Å². The molecule has 0 aliphatic carbocycles. The highest BCUT2D eigenvalue weighted by Gasteiger charge is 2.48. The fourth-order valence-corrected chi connectivity index (χ4v) is 3.59. The van der Waals surface area contributed by atoms with Crippen molar-refractivity contribution in [2.75, 3.05) is 0 Å². The van der Waals surface area contributed by atoms with E-state index in [1.54, 1.807) is 6.92 Å². The molecule has 1 saturated heterocycles. The molecule has 1 unspecified atom stereocenters. The first-order valence-electron chi connectivity index (χ1n) is 10.5. The van der Waals surface area contributed by atoms with Crippen molar-refractivity contribution in [3.8, 4) is 0 Å². The third kappa shape index (κ3) is 4.82. The molecule has 1 fully saturated rings. The highest BCUT2D eigenvalue weighted by atomic mass is 16.2. The molecule has 1 aromatic heterocycles. The molecule has 33 heavy (non-hydrogen) atoms. The summed E-state index contributed by atoms with van der Waals surface area (Å²) in [6.07, 6.45) is 0.950. The van der Waals surface area contributed by atoms with Gasteiger partial charge in [-0.25, -0.2) is 9.48 Å². The van der Waals surface area contributed by atoms with Crippen LogP contribution in [0.1, 0.15) is 35.0 Å². The van der Waals surface area contributed by atoms with Crippen LogP contribution in [-0.2, 0) is 17.8 Å². The van der Waals surface area contributed by atoms with Crippen molar-refractivity contribution in [3.63, 3.8) is 0 Å². The second kappa shape index (κ2) is 9.07. The predicted molar refractivity (Wildman–Crippen MR) is 120 cm³/mol. The van der Waals surface area contributed by atoms with Gasteiger partial charge >= 0.3 is 6.03 Å². The van der Waals surface area contributed by atoms with E-state index < -0.39 is 23.4 Å². The van der Waals surface area contributed by atoms with Crippen molar-refractivity contribution < 1.29 is 14.4 Å². The van der Waals surface area contributed by atoms with Crippen LogP contribution in [0, 0.1) is 0 Å². The maximum absolute atomic E-state index is 12.9. The van der Waals surface area contributed by atoms with Crippen LogP contribution in [-0.4, -0.2) is 38.2 Å². The van der Waals surface area contributed by atoms with Crippen molar-refractivity contribution >= 4 is 17.8 Å². The van der Waals surface area contributed by atoms with Gasteiger partial charge in [-0.3, -0.25) is 19.8 Å². The average Bonchev–Trinajstić information content (AvgIpc) is 3.03. The van der Waals surface area contributed by atoms with Gasteiger partial charge in [-0.1, -0.05) is 60.7 Å². The second-order valence-electron chi connectivity index (χ2n) is 8.03. The topological polar surface area (TPSA) is 113 Å². The molecule has 3 aromatic rings. The Kier molecular flexibility index (Phi) is 6.03. The van der Waals surface area contributed by atoms with Gasteiger partial charge in [0.25, 0.3) is 17.4 Å². The van der Waals surface area contributed by atoms with Gasteiger partial charge in [0.05, 0.1) is 6.54 Å². The van der Waals surface area contributed by atoms with Gasteiger partial charge in [0, 0.05) is 6.07 Å². The first-order valence-corrected chi connectivity index (χ1v) is 10.5. The van der Waals surface area contributed by atoms with E-state index in [2.05, 4.69) is 15.8 Å². The summed E-state index contributed by atoms with van der Waals surface area (Å²) < 4.78 is 1.15. The van der Waals surface area contributed by atoms with Gasteiger partial charge in [0.1, 0.15) is 5.54 Å². The summed E-state index contributed by atoms with van der Waals surface area (Å²) in [6, 6.07) is 20.6. The van der Waals surface area contributed by atoms with Crippen molar-refractivity contribution in [3.05, 3.63) is 100.0 Å². The lowest BCUT2D eigenvalue weighted by Crippen LogP contribution is -2.49. The van der Waals surface area contributed by atoms with Crippen LogP contribution in [0.25, 0.3) is 0 Å². The molecular weight excluding hydrogens is 422 g/mol. The third-order valence-corrected chi connectivity index (χ3v) is 5.51. The van der Waals surface area contributed by atoms with E-state index >= 15 is 0 Å². The summed E-state index contributed by atoms with van der Waals surface area (Å²) in [5, 5.41) is 7.42. The zero-order chi connectivity index (χ0) is 23.4. The molecule has 168 valence electrons. The Morgan fingerprint density at radius 1 is 0.939 bits per heavy atom. The van der Waals surface area contributed by atoms with Gasteiger partial charge < -0.3 is 5.32 Å². The number of carbonyl (C=O) groups is 3. The molecule has 1 aliphatic rings. The number of nitrogens with zero attached hydrogens (tertiary/aromatic N) is 3. The van der Waals surface area contributed by atoms with Crippen LogP contribution in [0.4, 0.5) is 4.79 Å². The van der Waals surface area contributed by atoms with E-state index in [9.17, 15) is 19.2 Å². The van der Waals surface area contributed by atoms with Crippen molar-refractivity contribution in [1.29, 1.82) is 0 Å². The summed E-state index contributed by atoms with van der Waals surface area (Å²) in [5.41, 5.74) is 2.57. The lowest BCUT2D eigenvalue weighted by Gasteiger charge is -2.21. The Bertz CT molecular complexity index is 1240. The number of benzene rings is 2. The van der Waals surface area contributed by atoms with E-state index in [0.29, 0.717) is 17.9 Å². The maximum atomic E-state index is 12.9. The Balaban J connectivity index is 1.45. The van der Waals surface area contributed by atoms with Gasteiger partial charge in [0.15, 0.2) is 5.69 Å². The number of aryl methyl sites for hydroxylation is 1. The Morgan fingerprint density at radius 3 is 2.24 bits per heavy atom. The number of aromatic nitrogens is 2. The highest BCUT2D eigenvalue weighted by molar-refractivity contribution is 6.08. The van der Waals surface area contributed by atoms with E-state index in [1.807, 2.05) is 60.7 Å². The molecule has 0 bridgehead atoms. The lowest BCUT2D eigenvalue weighted by molar-refractivity contribution is -0.132. The number of imide groups is 1. The van der Waals surface area contributed by atoms with E-state index in [-0.39, 0.29) is 17.8 Å². The Morgan fingerprint density at radius 2 is 1.58 bits per heavy atom. The van der Waals surface area contributed by atoms with Gasteiger partial charge in [-0.15, -0.1) is 0 Å². The van der Waals surface area contributed by atoms with E-state index in [4.69, 9.17) is 0 Å². The SMILES string of the molecule is CC1(CCc2ccccc2)NC(=O)N(NC(=O)c2ccc(=O)n(Cc3ccccc3)n2)C1=O. The van der Waals surface area contributed by atoms with Crippen LogP contribution in [0.5, 0.6) is 0 Å². The zero-order valence-electron chi connectivity index (χ0n) is 18.0. The lowest BCUT2D eigenvalue weighted by atomic mass is 9.93. The molecule has 2 aromatic carbocycles. The van der Waals surface area contributed by atoms with Crippen molar-refractivity contribution in [1.82, 2.24) is 25.5 Å². The van der Waals surface area contributed by atoms with Crippen LogP contribution >= 0.6 is 0 Å². The van der Waals surface area contributed by atoms with Crippen LogP contribution in [0.15, 0.2) is 77.6 Å². The van der Waals surface area contributed by atoms with Gasteiger partial charge in [-0.05, 0) is 37.0 Å². The minimum Gasteiger partial charge on any atom is -0.322 e. The molecule has 0 radical (unpaired) electrons. The summed E-state index contributed by atoms with van der Waals surface area (Å²) in [7, 11) is 0. The first kappa shape index (κ1) is 21.9. The number of hydrogen-bond donors (Lipinski definition) is 2. The first-order chi connectivity index (χ1) is 15.9. The summed E-state index contributed by atoms with van der Waals surface area (Å²) in [4.78, 5) is 50.3. The molecule has 9 heteroatoms. The quantitative estimate of drug-likeness (QED) is 0.539. The summed E-state index contributed by atoms with van der Waals surface area (Å²) >= 11 is 0. The molecule has 0 saturated carbocycles. The Labute approximate surface area is 190 Å². The molecular formula is C24H23N5O4. The Hall–Kier alpha value is -4.27.